The highest BCUT2D eigenvalue weighted by Crippen LogP contribution is 1.89. The van der Waals surface area contributed by atoms with Crippen LogP contribution in [0.1, 0.15) is 13.3 Å². The lowest BCUT2D eigenvalue weighted by molar-refractivity contribution is 0.421. The van der Waals surface area contributed by atoms with Crippen LogP contribution in [-0.2, 0) is 0 Å². The van der Waals surface area contributed by atoms with Crippen molar-refractivity contribution in [3.63, 3.8) is 0 Å². The summed E-state index contributed by atoms with van der Waals surface area (Å²) in [5.41, 5.74) is 5.38. The average molecular weight is 171 g/mol. The van der Waals surface area contributed by atoms with Gasteiger partial charge in [-0.05, 0) is 21.0 Å². The molecule has 0 aromatic rings. The highest BCUT2D eigenvalue weighted by molar-refractivity contribution is 5.95. The Morgan fingerprint density at radius 1 is 1.42 bits per heavy atom. The van der Waals surface area contributed by atoms with Crippen molar-refractivity contribution in [1.29, 1.82) is 0 Å². The van der Waals surface area contributed by atoms with E-state index in [0.717, 1.165) is 13.0 Å². The van der Waals surface area contributed by atoms with E-state index in [0.29, 0.717) is 11.7 Å². The summed E-state index contributed by atoms with van der Waals surface area (Å²) in [7, 11) is 3.96. The quantitative estimate of drug-likeness (QED) is 0.262. The molecule has 0 bridgehead atoms. The molecule has 70 valence electrons. The number of aliphatic imine (C=N–C) groups is 1. The van der Waals surface area contributed by atoms with Gasteiger partial charge in [0.15, 0.2) is 5.84 Å². The Morgan fingerprint density at radius 2 is 2.00 bits per heavy atom. The molecule has 0 aliphatic carbocycles. The zero-order chi connectivity index (χ0) is 9.56. The van der Waals surface area contributed by atoms with E-state index in [1.165, 1.54) is 0 Å². The van der Waals surface area contributed by atoms with E-state index < -0.39 is 0 Å². The van der Waals surface area contributed by atoms with E-state index in [1.807, 2.05) is 19.0 Å². The van der Waals surface area contributed by atoms with Gasteiger partial charge in [-0.15, -0.1) is 0 Å². The van der Waals surface area contributed by atoms with E-state index >= 15 is 0 Å². The number of amidine groups is 2. The summed E-state index contributed by atoms with van der Waals surface area (Å²) in [6.45, 7) is 2.58. The minimum atomic E-state index is 0.484. The van der Waals surface area contributed by atoms with Crippen LogP contribution in [0.4, 0.5) is 0 Å². The molecule has 0 heterocycles. The fourth-order valence-electron chi connectivity index (χ4n) is 0.676. The van der Waals surface area contributed by atoms with E-state index in [4.69, 9.17) is 11.6 Å². The normalized spacial score (nSPS) is 14.0. The molecule has 0 aromatic carbocycles. The number of hydrogen-bond donors (Lipinski definition) is 2. The Bertz CT molecular complexity index is 178. The van der Waals surface area contributed by atoms with Crippen LogP contribution in [-0.4, -0.2) is 37.2 Å². The Labute approximate surface area is 73.1 Å². The van der Waals surface area contributed by atoms with Crippen molar-refractivity contribution >= 4 is 11.7 Å². The molecule has 0 spiro atoms. The van der Waals surface area contributed by atoms with Gasteiger partial charge < -0.3 is 16.5 Å². The van der Waals surface area contributed by atoms with Crippen molar-refractivity contribution < 1.29 is 0 Å². The molecule has 0 aromatic heterocycles. The third-order valence-electron chi connectivity index (χ3n) is 1.24. The van der Waals surface area contributed by atoms with Crippen LogP contribution in [0.2, 0.25) is 0 Å². The maximum atomic E-state index is 5.38. The standard InChI is InChI=1S/C7H17N5/c1-6(8)10-7(11-9)4-5-12(2)3/h4-5,9H2,1-3H3,(H2,8,10,11). The van der Waals surface area contributed by atoms with E-state index in [9.17, 15) is 0 Å². The van der Waals surface area contributed by atoms with Crippen LogP contribution in [0.25, 0.3) is 0 Å². The second-order valence-electron chi connectivity index (χ2n) is 2.85. The molecule has 0 unspecified atom stereocenters. The number of hydrazone groups is 1. The molecule has 0 atom stereocenters. The fraction of sp³-hybridized carbons (Fsp3) is 0.714. The molecule has 0 radical (unpaired) electrons. The van der Waals surface area contributed by atoms with Gasteiger partial charge in [-0.25, -0.2) is 4.99 Å². The lowest BCUT2D eigenvalue weighted by Gasteiger charge is -2.07. The lowest BCUT2D eigenvalue weighted by Crippen LogP contribution is -2.18. The highest BCUT2D eigenvalue weighted by atomic mass is 15.2. The molecule has 0 rings (SSSR count). The molecular formula is C7H17N5. The predicted octanol–water partition coefficient (Wildman–Crippen LogP) is -0.413. The van der Waals surface area contributed by atoms with Crippen LogP contribution in [0.3, 0.4) is 0 Å². The van der Waals surface area contributed by atoms with Crippen molar-refractivity contribution in [1.82, 2.24) is 4.90 Å². The number of rotatable bonds is 3. The van der Waals surface area contributed by atoms with E-state index in [2.05, 4.69) is 10.1 Å². The summed E-state index contributed by atoms with van der Waals surface area (Å²) in [6.07, 6.45) is 0.720. The molecule has 0 saturated heterocycles. The summed E-state index contributed by atoms with van der Waals surface area (Å²) in [5.74, 6) is 6.19. The molecule has 0 amide bonds. The van der Waals surface area contributed by atoms with Gasteiger partial charge in [-0.2, -0.15) is 5.10 Å². The lowest BCUT2D eigenvalue weighted by atomic mass is 10.4. The number of nitrogens with two attached hydrogens (primary N) is 2. The Hall–Kier alpha value is -1.10. The predicted molar refractivity (Wildman–Crippen MR) is 52.1 cm³/mol. The summed E-state index contributed by atoms with van der Waals surface area (Å²) in [5, 5.41) is 3.52. The maximum Gasteiger partial charge on any atom is 0.151 e. The van der Waals surface area contributed by atoms with E-state index in [1.54, 1.807) is 6.92 Å². The van der Waals surface area contributed by atoms with Gasteiger partial charge in [0.25, 0.3) is 0 Å². The molecule has 4 N–H and O–H groups in total. The summed E-state index contributed by atoms with van der Waals surface area (Å²) < 4.78 is 0. The molecule has 0 aliphatic heterocycles. The van der Waals surface area contributed by atoms with Gasteiger partial charge >= 0.3 is 0 Å². The van der Waals surface area contributed by atoms with Gasteiger partial charge in [0.2, 0.25) is 0 Å². The molecular weight excluding hydrogens is 154 g/mol. The SMILES string of the molecule is CC(N)=N/C(CCN(C)C)=N\N. The first kappa shape index (κ1) is 10.9. The third-order valence-corrected chi connectivity index (χ3v) is 1.24. The van der Waals surface area contributed by atoms with E-state index in [-0.39, 0.29) is 0 Å². The first-order valence-electron chi connectivity index (χ1n) is 3.78. The summed E-state index contributed by atoms with van der Waals surface area (Å²) in [4.78, 5) is 5.99. The fourth-order valence-corrected chi connectivity index (χ4v) is 0.676. The van der Waals surface area contributed by atoms with Crippen LogP contribution in [0.5, 0.6) is 0 Å². The number of nitrogens with zero attached hydrogens (tertiary/aromatic N) is 3. The summed E-state index contributed by atoms with van der Waals surface area (Å²) >= 11 is 0. The van der Waals surface area contributed by atoms with Gasteiger partial charge in [-0.1, -0.05) is 0 Å². The maximum absolute atomic E-state index is 5.38. The van der Waals surface area contributed by atoms with Gasteiger partial charge in [0, 0.05) is 13.0 Å². The second-order valence-corrected chi connectivity index (χ2v) is 2.85. The van der Waals surface area contributed by atoms with Gasteiger partial charge in [0.05, 0.1) is 5.84 Å². The monoisotopic (exact) mass is 171 g/mol. The first-order chi connectivity index (χ1) is 5.56. The van der Waals surface area contributed by atoms with Crippen LogP contribution >= 0.6 is 0 Å². The molecule has 5 heteroatoms. The third kappa shape index (κ3) is 5.67. The minimum Gasteiger partial charge on any atom is -0.387 e. The Morgan fingerprint density at radius 3 is 2.33 bits per heavy atom. The zero-order valence-electron chi connectivity index (χ0n) is 7.91. The minimum absolute atomic E-state index is 0.484. The average Bonchev–Trinajstić information content (AvgIpc) is 1.97. The van der Waals surface area contributed by atoms with Crippen molar-refractivity contribution in [2.45, 2.75) is 13.3 Å². The second kappa shape index (κ2) is 5.54. The Kier molecular flexibility index (Phi) is 5.03. The van der Waals surface area contributed by atoms with Crippen molar-refractivity contribution in [3.8, 4) is 0 Å². The van der Waals surface area contributed by atoms with Crippen LogP contribution < -0.4 is 11.6 Å². The topological polar surface area (TPSA) is 80.0 Å². The molecule has 0 aliphatic rings. The van der Waals surface area contributed by atoms with Gasteiger partial charge in [0.1, 0.15) is 0 Å². The van der Waals surface area contributed by atoms with Gasteiger partial charge in [-0.3, -0.25) is 0 Å². The van der Waals surface area contributed by atoms with Crippen LogP contribution in [0, 0.1) is 0 Å². The van der Waals surface area contributed by atoms with Crippen molar-refractivity contribution in [2.75, 3.05) is 20.6 Å². The van der Waals surface area contributed by atoms with Crippen LogP contribution in [0.15, 0.2) is 10.1 Å². The molecule has 0 fully saturated rings. The van der Waals surface area contributed by atoms with Crippen molar-refractivity contribution in [3.05, 3.63) is 0 Å². The smallest absolute Gasteiger partial charge is 0.151 e. The zero-order valence-corrected chi connectivity index (χ0v) is 7.91. The largest absolute Gasteiger partial charge is 0.387 e. The van der Waals surface area contributed by atoms with Crippen molar-refractivity contribution in [2.24, 2.45) is 21.7 Å². The molecule has 0 saturated carbocycles. The Balaban J connectivity index is 3.95. The molecule has 12 heavy (non-hydrogen) atoms. The highest BCUT2D eigenvalue weighted by Gasteiger charge is 1.97. The summed E-state index contributed by atoms with van der Waals surface area (Å²) in [6, 6.07) is 0. The number of hydrogen-bond acceptors (Lipinski definition) is 3. The first-order valence-corrected chi connectivity index (χ1v) is 3.78. The molecule has 5 nitrogen and oxygen atoms in total.